The van der Waals surface area contributed by atoms with Crippen molar-refractivity contribution < 1.29 is 13.2 Å². The Balaban J connectivity index is 2.38. The molecule has 0 spiro atoms. The predicted octanol–water partition coefficient (Wildman–Crippen LogP) is 1.58. The molecule has 19 heavy (non-hydrogen) atoms. The van der Waals surface area contributed by atoms with Crippen LogP contribution >= 0.6 is 0 Å². The molecule has 108 valence electrons. The number of ether oxygens (including phenoxy) is 1. The molecule has 1 aromatic rings. The lowest BCUT2D eigenvalue weighted by molar-refractivity contribution is 0.321. The summed E-state index contributed by atoms with van der Waals surface area (Å²) < 4.78 is 31.9. The zero-order chi connectivity index (χ0) is 14.5. The monoisotopic (exact) mass is 286 g/mol. The van der Waals surface area contributed by atoms with Crippen LogP contribution in [0.15, 0.2) is 24.3 Å². The molecule has 5 nitrogen and oxygen atoms in total. The summed E-state index contributed by atoms with van der Waals surface area (Å²) in [6.45, 7) is 4.80. The van der Waals surface area contributed by atoms with E-state index in [2.05, 4.69) is 18.6 Å². The Hall–Kier alpha value is -1.11. The number of rotatable bonds is 7. The molecule has 1 rings (SSSR count). The highest BCUT2D eigenvalue weighted by atomic mass is 32.2. The van der Waals surface area contributed by atoms with E-state index in [0.717, 1.165) is 10.1 Å². The summed E-state index contributed by atoms with van der Waals surface area (Å²) in [5.74, 6) is 1.23. The standard InChI is InChI=1S/C13H22N2O3S/c1-11(2)12-5-7-13(8-6-12)18-10-9-14-19(16,17)15(3)4/h5-8,11,14H,9-10H2,1-4H3. The summed E-state index contributed by atoms with van der Waals surface area (Å²) in [6.07, 6.45) is 0. The number of benzene rings is 1. The number of hydrogen-bond acceptors (Lipinski definition) is 3. The van der Waals surface area contributed by atoms with Gasteiger partial charge in [-0.25, -0.2) is 0 Å². The molecule has 0 aliphatic carbocycles. The van der Waals surface area contributed by atoms with Crippen LogP contribution in [0.1, 0.15) is 25.3 Å². The van der Waals surface area contributed by atoms with Crippen LogP contribution in [0.3, 0.4) is 0 Å². The SMILES string of the molecule is CC(C)c1ccc(OCCNS(=O)(=O)N(C)C)cc1. The number of nitrogens with one attached hydrogen (secondary N) is 1. The van der Waals surface area contributed by atoms with Gasteiger partial charge in [-0.1, -0.05) is 26.0 Å². The van der Waals surface area contributed by atoms with Gasteiger partial charge in [0.1, 0.15) is 12.4 Å². The Labute approximate surface area is 115 Å². The van der Waals surface area contributed by atoms with Crippen molar-refractivity contribution in [3.63, 3.8) is 0 Å². The highest BCUT2D eigenvalue weighted by Crippen LogP contribution is 2.18. The molecule has 1 N–H and O–H groups in total. The number of nitrogens with zero attached hydrogens (tertiary/aromatic N) is 1. The van der Waals surface area contributed by atoms with Gasteiger partial charge < -0.3 is 4.74 Å². The molecule has 0 atom stereocenters. The third-order valence-electron chi connectivity index (χ3n) is 2.68. The normalized spacial score (nSPS) is 12.1. The third kappa shape index (κ3) is 5.18. The van der Waals surface area contributed by atoms with E-state index < -0.39 is 10.2 Å². The van der Waals surface area contributed by atoms with Crippen molar-refractivity contribution in [2.45, 2.75) is 19.8 Å². The zero-order valence-electron chi connectivity index (χ0n) is 11.9. The first-order valence-electron chi connectivity index (χ1n) is 6.23. The Morgan fingerprint density at radius 2 is 1.79 bits per heavy atom. The van der Waals surface area contributed by atoms with Crippen LogP contribution in [-0.4, -0.2) is 40.0 Å². The lowest BCUT2D eigenvalue weighted by atomic mass is 10.0. The molecule has 0 aliphatic rings. The van der Waals surface area contributed by atoms with Gasteiger partial charge in [0.25, 0.3) is 10.2 Å². The summed E-state index contributed by atoms with van der Waals surface area (Å²) >= 11 is 0. The molecule has 0 aliphatic heterocycles. The van der Waals surface area contributed by atoms with Crippen molar-refractivity contribution in [2.24, 2.45) is 0 Å². The van der Waals surface area contributed by atoms with Crippen LogP contribution < -0.4 is 9.46 Å². The molecule has 0 fully saturated rings. The van der Waals surface area contributed by atoms with Gasteiger partial charge in [-0.15, -0.1) is 0 Å². The highest BCUT2D eigenvalue weighted by molar-refractivity contribution is 7.87. The molecule has 0 unspecified atom stereocenters. The van der Waals surface area contributed by atoms with Crippen LogP contribution in [-0.2, 0) is 10.2 Å². The minimum atomic E-state index is -3.37. The Morgan fingerprint density at radius 3 is 2.26 bits per heavy atom. The molecule has 0 bridgehead atoms. The van der Waals surface area contributed by atoms with Crippen molar-refractivity contribution in [1.29, 1.82) is 0 Å². The predicted molar refractivity (Wildman–Crippen MR) is 76.6 cm³/mol. The van der Waals surface area contributed by atoms with E-state index in [-0.39, 0.29) is 6.54 Å². The smallest absolute Gasteiger partial charge is 0.279 e. The van der Waals surface area contributed by atoms with Crippen LogP contribution in [0.5, 0.6) is 5.75 Å². The maximum absolute atomic E-state index is 11.4. The topological polar surface area (TPSA) is 58.6 Å². The fourth-order valence-electron chi connectivity index (χ4n) is 1.42. The zero-order valence-corrected chi connectivity index (χ0v) is 12.7. The van der Waals surface area contributed by atoms with Gasteiger partial charge in [-0.2, -0.15) is 17.4 Å². The summed E-state index contributed by atoms with van der Waals surface area (Å²) in [4.78, 5) is 0. The largest absolute Gasteiger partial charge is 0.492 e. The van der Waals surface area contributed by atoms with E-state index in [0.29, 0.717) is 12.5 Å². The van der Waals surface area contributed by atoms with Crippen LogP contribution in [0.25, 0.3) is 0 Å². The first kappa shape index (κ1) is 15.9. The fourth-order valence-corrected chi connectivity index (χ4v) is 2.02. The van der Waals surface area contributed by atoms with Gasteiger partial charge in [-0.05, 0) is 23.6 Å². The van der Waals surface area contributed by atoms with Crippen LogP contribution in [0.2, 0.25) is 0 Å². The van der Waals surface area contributed by atoms with E-state index in [1.54, 1.807) is 0 Å². The van der Waals surface area contributed by atoms with Crippen molar-refractivity contribution in [3.05, 3.63) is 29.8 Å². The molecule has 0 saturated carbocycles. The fraction of sp³-hybridized carbons (Fsp3) is 0.538. The van der Waals surface area contributed by atoms with Crippen molar-refractivity contribution >= 4 is 10.2 Å². The van der Waals surface area contributed by atoms with Crippen LogP contribution in [0, 0.1) is 0 Å². The lowest BCUT2D eigenvalue weighted by Gasteiger charge is -2.13. The van der Waals surface area contributed by atoms with Gasteiger partial charge in [0, 0.05) is 20.6 Å². The second-order valence-corrected chi connectivity index (χ2v) is 6.72. The van der Waals surface area contributed by atoms with Crippen molar-refractivity contribution in [1.82, 2.24) is 9.03 Å². The van der Waals surface area contributed by atoms with Gasteiger partial charge in [0.15, 0.2) is 0 Å². The maximum Gasteiger partial charge on any atom is 0.279 e. The third-order valence-corrected chi connectivity index (χ3v) is 4.21. The molecular weight excluding hydrogens is 264 g/mol. The highest BCUT2D eigenvalue weighted by Gasteiger charge is 2.11. The summed E-state index contributed by atoms with van der Waals surface area (Å²) in [5.41, 5.74) is 1.25. The molecule has 0 radical (unpaired) electrons. The van der Waals surface area contributed by atoms with E-state index in [1.807, 2.05) is 24.3 Å². The van der Waals surface area contributed by atoms with E-state index in [4.69, 9.17) is 4.74 Å². The van der Waals surface area contributed by atoms with Gasteiger partial charge in [0.05, 0.1) is 0 Å². The maximum atomic E-state index is 11.4. The quantitative estimate of drug-likeness (QED) is 0.774. The molecule has 0 aromatic heterocycles. The van der Waals surface area contributed by atoms with Gasteiger partial charge >= 0.3 is 0 Å². The molecule has 1 aromatic carbocycles. The number of hydrogen-bond donors (Lipinski definition) is 1. The first-order chi connectivity index (χ1) is 8.83. The lowest BCUT2D eigenvalue weighted by Crippen LogP contribution is -2.37. The molecule has 0 heterocycles. The summed E-state index contributed by atoms with van der Waals surface area (Å²) in [6, 6.07) is 7.83. The minimum absolute atomic E-state index is 0.243. The van der Waals surface area contributed by atoms with E-state index >= 15 is 0 Å². The Kier molecular flexibility index (Phi) is 5.78. The molecular formula is C13H22N2O3S. The van der Waals surface area contributed by atoms with Crippen molar-refractivity contribution in [3.8, 4) is 5.75 Å². The average Bonchev–Trinajstić information content (AvgIpc) is 2.35. The molecule has 0 amide bonds. The van der Waals surface area contributed by atoms with Gasteiger partial charge in [-0.3, -0.25) is 0 Å². The Morgan fingerprint density at radius 1 is 1.21 bits per heavy atom. The Bertz CT molecular complexity index is 481. The summed E-state index contributed by atoms with van der Waals surface area (Å²) in [7, 11) is -0.407. The summed E-state index contributed by atoms with van der Waals surface area (Å²) in [5, 5.41) is 0. The van der Waals surface area contributed by atoms with Crippen molar-refractivity contribution in [2.75, 3.05) is 27.2 Å². The first-order valence-corrected chi connectivity index (χ1v) is 7.67. The second-order valence-electron chi connectivity index (χ2n) is 4.75. The van der Waals surface area contributed by atoms with Gasteiger partial charge in [0.2, 0.25) is 0 Å². The van der Waals surface area contributed by atoms with E-state index in [1.165, 1.54) is 19.7 Å². The molecule has 0 saturated heterocycles. The second kappa shape index (κ2) is 6.88. The average molecular weight is 286 g/mol. The van der Waals surface area contributed by atoms with Crippen LogP contribution in [0.4, 0.5) is 0 Å². The minimum Gasteiger partial charge on any atom is -0.492 e. The van der Waals surface area contributed by atoms with E-state index in [9.17, 15) is 8.42 Å². The molecule has 6 heteroatoms.